The molecule has 0 unspecified atom stereocenters. The van der Waals surface area contributed by atoms with E-state index in [1.165, 1.54) is 16.7 Å². The molecule has 0 fully saturated rings. The Morgan fingerprint density at radius 3 is 1.14 bits per heavy atom. The lowest BCUT2D eigenvalue weighted by Gasteiger charge is -1.97. The molecule has 3 aromatic rings. The Morgan fingerprint density at radius 1 is 0.586 bits per heavy atom. The van der Waals surface area contributed by atoms with Crippen molar-refractivity contribution in [1.82, 2.24) is 0 Å². The fourth-order valence-electron chi connectivity index (χ4n) is 1.99. The lowest BCUT2D eigenvalue weighted by atomic mass is 10.2. The van der Waals surface area contributed by atoms with Gasteiger partial charge in [-0.05, 0) is 57.2 Å². The van der Waals surface area contributed by atoms with Crippen LogP contribution < -0.4 is 9.47 Å². The first-order valence-corrected chi connectivity index (χ1v) is 9.00. The summed E-state index contributed by atoms with van der Waals surface area (Å²) < 4.78 is 9.87. The second-order valence-corrected chi connectivity index (χ2v) is 6.06. The molecule has 154 valence electrons. The van der Waals surface area contributed by atoms with Crippen LogP contribution in [0.5, 0.6) is 11.5 Å². The number of carbonyl (C=O) groups excluding carboxylic acids is 2. The number of carbonyl (C=O) groups is 2. The minimum atomic E-state index is 0.667. The van der Waals surface area contributed by atoms with Crippen LogP contribution in [0, 0.1) is 20.8 Å². The Bertz CT molecular complexity index is 771. The molecule has 0 spiro atoms. The van der Waals surface area contributed by atoms with E-state index < -0.39 is 0 Å². The zero-order valence-electron chi connectivity index (χ0n) is 17.8. The maximum atomic E-state index is 10.2. The van der Waals surface area contributed by atoms with E-state index >= 15 is 0 Å². The van der Waals surface area contributed by atoms with E-state index in [1.807, 2.05) is 31.1 Å². The van der Waals surface area contributed by atoms with E-state index in [-0.39, 0.29) is 0 Å². The number of hydrogen-bond donors (Lipinski definition) is 0. The Labute approximate surface area is 174 Å². The van der Waals surface area contributed by atoms with Crippen molar-refractivity contribution >= 4 is 13.1 Å². The molecule has 0 amide bonds. The fraction of sp³-hybridized carbons (Fsp3) is 0.200. The Balaban J connectivity index is 0.000000390. The summed E-state index contributed by atoms with van der Waals surface area (Å²) in [5.74, 6) is 1.69. The highest BCUT2D eigenvalue weighted by atomic mass is 16.5. The third kappa shape index (κ3) is 11.8. The average Bonchev–Trinajstić information content (AvgIpc) is 2.78. The Hall–Kier alpha value is -3.40. The molecule has 0 aliphatic heterocycles. The molecule has 0 atom stereocenters. The van der Waals surface area contributed by atoms with Crippen molar-refractivity contribution in [2.45, 2.75) is 20.8 Å². The van der Waals surface area contributed by atoms with E-state index in [4.69, 9.17) is 14.3 Å². The molecule has 0 aliphatic carbocycles. The molecule has 0 saturated carbocycles. The summed E-state index contributed by atoms with van der Waals surface area (Å²) in [5, 5.41) is 0. The standard InChI is InChI=1S/C8H8O2.C8H10O.C8H10.CH2O/c1-10-8-4-2-7(6-9)3-5-8;1-7-3-5-8(9-2)6-4-7;1-7-3-5-8(2)6-4-7;1-2/h2-6H,1H3;3-6H,1-2H3;3-6H,1-2H3;1H2. The van der Waals surface area contributed by atoms with Gasteiger partial charge in [-0.25, -0.2) is 0 Å². The van der Waals surface area contributed by atoms with E-state index in [2.05, 4.69) is 45.0 Å². The van der Waals surface area contributed by atoms with Crippen LogP contribution in [0.4, 0.5) is 0 Å². The van der Waals surface area contributed by atoms with Crippen molar-refractivity contribution in [2.75, 3.05) is 14.2 Å². The van der Waals surface area contributed by atoms with Crippen LogP contribution >= 0.6 is 0 Å². The largest absolute Gasteiger partial charge is 0.497 e. The van der Waals surface area contributed by atoms with Gasteiger partial charge >= 0.3 is 0 Å². The Morgan fingerprint density at radius 2 is 0.862 bits per heavy atom. The summed E-state index contributed by atoms with van der Waals surface area (Å²) in [5.41, 5.74) is 4.59. The van der Waals surface area contributed by atoms with Gasteiger partial charge in [-0.3, -0.25) is 4.79 Å². The molecule has 29 heavy (non-hydrogen) atoms. The molecule has 4 heteroatoms. The fourth-order valence-corrected chi connectivity index (χ4v) is 1.99. The number of methoxy groups -OCH3 is 2. The molecule has 0 aliphatic rings. The Kier molecular flexibility index (Phi) is 13.8. The average molecular weight is 395 g/mol. The normalized spacial score (nSPS) is 8.59. The van der Waals surface area contributed by atoms with Gasteiger partial charge < -0.3 is 14.3 Å². The molecule has 0 aromatic heterocycles. The first kappa shape index (κ1) is 25.6. The highest BCUT2D eigenvalue weighted by molar-refractivity contribution is 5.74. The number of rotatable bonds is 3. The zero-order valence-corrected chi connectivity index (χ0v) is 17.8. The summed E-state index contributed by atoms with van der Waals surface area (Å²) in [7, 11) is 3.26. The third-order valence-electron chi connectivity index (χ3n) is 3.73. The topological polar surface area (TPSA) is 52.6 Å². The monoisotopic (exact) mass is 394 g/mol. The van der Waals surface area contributed by atoms with Crippen molar-refractivity contribution in [2.24, 2.45) is 0 Å². The van der Waals surface area contributed by atoms with Gasteiger partial charge in [-0.1, -0.05) is 53.1 Å². The molecular weight excluding hydrogens is 364 g/mol. The van der Waals surface area contributed by atoms with Crippen LogP contribution in [0.1, 0.15) is 27.0 Å². The quantitative estimate of drug-likeness (QED) is 0.540. The summed E-state index contributed by atoms with van der Waals surface area (Å²) in [6.45, 7) is 8.25. The maximum Gasteiger partial charge on any atom is 0.150 e. The second-order valence-electron chi connectivity index (χ2n) is 6.06. The van der Waals surface area contributed by atoms with Crippen LogP contribution in [0.2, 0.25) is 0 Å². The number of benzene rings is 3. The lowest BCUT2D eigenvalue weighted by molar-refractivity contribution is -0.0980. The van der Waals surface area contributed by atoms with Gasteiger partial charge in [-0.2, -0.15) is 0 Å². The van der Waals surface area contributed by atoms with Crippen molar-refractivity contribution in [1.29, 1.82) is 0 Å². The van der Waals surface area contributed by atoms with Gasteiger partial charge in [0.25, 0.3) is 0 Å². The van der Waals surface area contributed by atoms with Gasteiger partial charge in [0.05, 0.1) is 14.2 Å². The van der Waals surface area contributed by atoms with Crippen molar-refractivity contribution in [3.63, 3.8) is 0 Å². The number of aryl methyl sites for hydroxylation is 3. The van der Waals surface area contributed by atoms with E-state index in [0.29, 0.717) is 5.56 Å². The summed E-state index contributed by atoms with van der Waals surface area (Å²) in [6.07, 6.45) is 0.805. The molecule has 0 bridgehead atoms. The third-order valence-corrected chi connectivity index (χ3v) is 3.73. The first-order chi connectivity index (χ1) is 14.0. The van der Waals surface area contributed by atoms with Crippen LogP contribution in [0.3, 0.4) is 0 Å². The van der Waals surface area contributed by atoms with Crippen molar-refractivity contribution < 1.29 is 19.1 Å². The van der Waals surface area contributed by atoms with Gasteiger partial charge in [-0.15, -0.1) is 0 Å². The summed E-state index contributed by atoms with van der Waals surface area (Å²) in [4.78, 5) is 18.2. The maximum absolute atomic E-state index is 10.2. The number of ether oxygens (including phenoxy) is 2. The first-order valence-electron chi connectivity index (χ1n) is 9.00. The molecule has 0 radical (unpaired) electrons. The van der Waals surface area contributed by atoms with E-state index in [0.717, 1.165) is 17.8 Å². The molecule has 4 nitrogen and oxygen atoms in total. The number of aldehydes is 1. The van der Waals surface area contributed by atoms with Crippen molar-refractivity contribution in [3.05, 3.63) is 95.1 Å². The summed E-state index contributed by atoms with van der Waals surface area (Å²) in [6, 6.07) is 23.4. The predicted molar refractivity (Wildman–Crippen MR) is 119 cm³/mol. The predicted octanol–water partition coefficient (Wildman–Crippen LogP) is 5.63. The molecule has 3 aromatic carbocycles. The van der Waals surface area contributed by atoms with Crippen LogP contribution in [-0.4, -0.2) is 27.3 Å². The highest BCUT2D eigenvalue weighted by Gasteiger charge is 1.89. The van der Waals surface area contributed by atoms with Crippen LogP contribution in [0.25, 0.3) is 0 Å². The molecule has 0 heterocycles. The molecule has 0 saturated heterocycles. The highest BCUT2D eigenvalue weighted by Crippen LogP contribution is 2.10. The lowest BCUT2D eigenvalue weighted by Crippen LogP contribution is -1.82. The second kappa shape index (κ2) is 15.6. The molecule has 0 N–H and O–H groups in total. The number of hydrogen-bond acceptors (Lipinski definition) is 4. The van der Waals surface area contributed by atoms with E-state index in [9.17, 15) is 4.79 Å². The molecular formula is C25H30O4. The molecule has 3 rings (SSSR count). The minimum Gasteiger partial charge on any atom is -0.497 e. The van der Waals surface area contributed by atoms with Crippen LogP contribution in [0.15, 0.2) is 72.8 Å². The van der Waals surface area contributed by atoms with Gasteiger partial charge in [0.2, 0.25) is 0 Å². The zero-order chi connectivity index (χ0) is 22.1. The minimum absolute atomic E-state index is 0.667. The van der Waals surface area contributed by atoms with Gasteiger partial charge in [0.1, 0.15) is 24.6 Å². The van der Waals surface area contributed by atoms with Crippen LogP contribution in [-0.2, 0) is 4.79 Å². The van der Waals surface area contributed by atoms with Crippen molar-refractivity contribution in [3.8, 4) is 11.5 Å². The summed E-state index contributed by atoms with van der Waals surface area (Å²) >= 11 is 0. The SMILES string of the molecule is C=O.COc1ccc(C)cc1.COc1ccc(C=O)cc1.Cc1ccc(C)cc1. The smallest absolute Gasteiger partial charge is 0.150 e. The van der Waals surface area contributed by atoms with Gasteiger partial charge in [0.15, 0.2) is 0 Å². The van der Waals surface area contributed by atoms with Gasteiger partial charge in [0, 0.05) is 5.56 Å². The van der Waals surface area contributed by atoms with E-state index in [1.54, 1.807) is 38.5 Å².